The van der Waals surface area contributed by atoms with Crippen molar-refractivity contribution >= 4 is 5.91 Å². The Hall–Kier alpha value is -1.79. The lowest BCUT2D eigenvalue weighted by Gasteiger charge is -2.46. The van der Waals surface area contributed by atoms with Gasteiger partial charge in [0, 0.05) is 6.42 Å². The molecule has 14 heteroatoms. The molecule has 0 aliphatic carbocycles. The number of allylic oxidation sites excluding steroid dienone is 5. The van der Waals surface area contributed by atoms with Crippen molar-refractivity contribution in [3.63, 3.8) is 0 Å². The standard InChI is InChI=1S/C71H133NO13/c1-3-5-7-9-11-13-15-17-19-21-23-25-27-28-29-30-31-33-34-36-38-40-42-44-46-48-50-52-54-60(75)59(58-82-70-68(81)66(79)69(62(57-74)84-70)85-71-67(80)65(78)64(77)61(56-73)83-71)72-63(76)55-53-51-49-47-45-43-41-39-37-35-32-26-24-22-20-18-16-14-12-10-8-6-4-2/h16,18,22,24,52,54,59-62,64-71,73-75,77-81H,3-15,17,19-21,23,25-51,53,55-58H2,1-2H3,(H,72,76)/b18-16-,24-22-,54-52+. The highest BCUT2D eigenvalue weighted by Gasteiger charge is 2.51. The zero-order valence-electron chi connectivity index (χ0n) is 54.4. The maximum Gasteiger partial charge on any atom is 0.220 e. The van der Waals surface area contributed by atoms with Crippen LogP contribution in [0.25, 0.3) is 0 Å². The SMILES string of the molecule is CCCCCCC/C=C\C/C=C\CCCCCCCCCCCCCC(=O)NC(COC1OC(CO)C(OC2OC(CO)C(O)C(O)C2O)C(O)C1O)C(O)/C=C/CCCCCCCCCCCCCCCCCCCCCCCCCCCC. The Morgan fingerprint density at radius 3 is 1.18 bits per heavy atom. The number of carbonyl (C=O) groups is 1. The van der Waals surface area contributed by atoms with Gasteiger partial charge in [0.05, 0.1) is 32.0 Å². The van der Waals surface area contributed by atoms with Crippen molar-refractivity contribution in [2.75, 3.05) is 19.8 Å². The fourth-order valence-electron chi connectivity index (χ4n) is 11.9. The highest BCUT2D eigenvalue weighted by atomic mass is 16.7. The second-order valence-electron chi connectivity index (χ2n) is 25.4. The summed E-state index contributed by atoms with van der Waals surface area (Å²) >= 11 is 0. The first kappa shape index (κ1) is 79.3. The quantitative estimate of drug-likeness (QED) is 0.0204. The topological polar surface area (TPSA) is 228 Å². The summed E-state index contributed by atoms with van der Waals surface area (Å²) in [5.74, 6) is -0.237. The Bertz CT molecular complexity index is 1560. The molecule has 0 aromatic carbocycles. The zero-order valence-corrected chi connectivity index (χ0v) is 54.4. The van der Waals surface area contributed by atoms with Gasteiger partial charge in [0.2, 0.25) is 5.91 Å². The molecule has 2 aliphatic rings. The van der Waals surface area contributed by atoms with Crippen molar-refractivity contribution in [3.05, 3.63) is 36.5 Å². The Morgan fingerprint density at radius 1 is 0.424 bits per heavy atom. The molecular formula is C71H133NO13. The molecule has 500 valence electrons. The number of unbranched alkanes of at least 4 members (excludes halogenated alkanes) is 42. The molecule has 0 spiro atoms. The molecule has 2 fully saturated rings. The third-order valence-corrected chi connectivity index (χ3v) is 17.6. The van der Waals surface area contributed by atoms with E-state index in [9.17, 15) is 45.6 Å². The number of carbonyl (C=O) groups excluding carboxylic acids is 1. The van der Waals surface area contributed by atoms with Crippen LogP contribution in [0.3, 0.4) is 0 Å². The van der Waals surface area contributed by atoms with Crippen molar-refractivity contribution in [1.29, 1.82) is 0 Å². The summed E-state index contributed by atoms with van der Waals surface area (Å²) in [5, 5.41) is 87.5. The molecule has 2 rings (SSSR count). The van der Waals surface area contributed by atoms with Gasteiger partial charge in [0.1, 0.15) is 48.8 Å². The summed E-state index contributed by atoms with van der Waals surface area (Å²) < 4.78 is 22.9. The molecule has 9 N–H and O–H groups in total. The van der Waals surface area contributed by atoms with Crippen molar-refractivity contribution in [2.45, 2.75) is 389 Å². The predicted octanol–water partition coefficient (Wildman–Crippen LogP) is 14.5. The molecule has 2 aliphatic heterocycles. The Morgan fingerprint density at radius 2 is 0.776 bits per heavy atom. The van der Waals surface area contributed by atoms with Gasteiger partial charge < -0.3 is 65.1 Å². The van der Waals surface area contributed by atoms with Crippen molar-refractivity contribution in [3.8, 4) is 0 Å². The van der Waals surface area contributed by atoms with Crippen LogP contribution in [0.1, 0.15) is 316 Å². The molecule has 12 unspecified atom stereocenters. The first-order valence-electron chi connectivity index (χ1n) is 35.7. The maximum atomic E-state index is 13.3. The van der Waals surface area contributed by atoms with Crippen LogP contribution in [-0.2, 0) is 23.7 Å². The van der Waals surface area contributed by atoms with E-state index < -0.39 is 86.8 Å². The lowest BCUT2D eigenvalue weighted by Crippen LogP contribution is -2.65. The van der Waals surface area contributed by atoms with Crippen LogP contribution in [0.15, 0.2) is 36.5 Å². The first-order chi connectivity index (χ1) is 41.6. The number of aliphatic hydroxyl groups excluding tert-OH is 8. The molecule has 0 aromatic rings. The van der Waals surface area contributed by atoms with Gasteiger partial charge in [0.25, 0.3) is 0 Å². The number of amides is 1. The molecule has 2 heterocycles. The summed E-state index contributed by atoms with van der Waals surface area (Å²) in [4.78, 5) is 13.3. The van der Waals surface area contributed by atoms with Crippen LogP contribution in [0.4, 0.5) is 0 Å². The summed E-state index contributed by atoms with van der Waals surface area (Å²) in [5.41, 5.74) is 0. The Balaban J connectivity index is 1.68. The van der Waals surface area contributed by atoms with E-state index in [1.54, 1.807) is 6.08 Å². The van der Waals surface area contributed by atoms with E-state index in [0.717, 1.165) is 44.9 Å². The van der Waals surface area contributed by atoms with Crippen LogP contribution in [0.2, 0.25) is 0 Å². The molecule has 1 amide bonds. The van der Waals surface area contributed by atoms with Crippen LogP contribution in [0, 0.1) is 0 Å². The average molecular weight is 1210 g/mol. The minimum Gasteiger partial charge on any atom is -0.394 e. The largest absolute Gasteiger partial charge is 0.394 e. The van der Waals surface area contributed by atoms with Gasteiger partial charge in [-0.1, -0.05) is 294 Å². The maximum absolute atomic E-state index is 13.3. The lowest BCUT2D eigenvalue weighted by atomic mass is 9.97. The van der Waals surface area contributed by atoms with Gasteiger partial charge in [-0.3, -0.25) is 4.79 Å². The minimum absolute atomic E-state index is 0.237. The van der Waals surface area contributed by atoms with Crippen LogP contribution in [0.5, 0.6) is 0 Å². The number of hydrogen-bond donors (Lipinski definition) is 9. The predicted molar refractivity (Wildman–Crippen MR) is 346 cm³/mol. The van der Waals surface area contributed by atoms with E-state index in [1.807, 2.05) is 6.08 Å². The monoisotopic (exact) mass is 1210 g/mol. The number of aliphatic hydroxyl groups is 8. The smallest absolute Gasteiger partial charge is 0.220 e. The fourth-order valence-corrected chi connectivity index (χ4v) is 11.9. The molecule has 0 aromatic heterocycles. The Kier molecular flexibility index (Phi) is 52.4. The molecular weight excluding hydrogens is 1070 g/mol. The van der Waals surface area contributed by atoms with E-state index in [4.69, 9.17) is 18.9 Å². The van der Waals surface area contributed by atoms with E-state index in [1.165, 1.54) is 244 Å². The van der Waals surface area contributed by atoms with E-state index in [2.05, 4.69) is 43.5 Å². The molecule has 0 radical (unpaired) electrons. The number of ether oxygens (including phenoxy) is 4. The molecule has 0 saturated carbocycles. The Labute approximate surface area is 519 Å². The zero-order chi connectivity index (χ0) is 61.6. The summed E-state index contributed by atoms with van der Waals surface area (Å²) in [6, 6.07) is -0.917. The van der Waals surface area contributed by atoms with Crippen LogP contribution < -0.4 is 5.32 Å². The molecule has 0 bridgehead atoms. The van der Waals surface area contributed by atoms with Crippen LogP contribution >= 0.6 is 0 Å². The van der Waals surface area contributed by atoms with E-state index in [0.29, 0.717) is 6.42 Å². The van der Waals surface area contributed by atoms with E-state index in [-0.39, 0.29) is 18.9 Å². The van der Waals surface area contributed by atoms with Crippen molar-refractivity contribution in [2.24, 2.45) is 0 Å². The first-order valence-corrected chi connectivity index (χ1v) is 35.7. The molecule has 14 nitrogen and oxygen atoms in total. The summed E-state index contributed by atoms with van der Waals surface area (Å²) in [6.45, 7) is 2.83. The highest BCUT2D eigenvalue weighted by Crippen LogP contribution is 2.30. The van der Waals surface area contributed by atoms with Gasteiger partial charge >= 0.3 is 0 Å². The summed E-state index contributed by atoms with van der Waals surface area (Å²) in [6.07, 6.45) is 54.8. The molecule has 2 saturated heterocycles. The third kappa shape index (κ3) is 40.5. The average Bonchev–Trinajstić information content (AvgIpc) is 3.68. The fraction of sp³-hybridized carbons (Fsp3) is 0.901. The number of rotatable bonds is 59. The highest BCUT2D eigenvalue weighted by molar-refractivity contribution is 5.76. The number of hydrogen-bond acceptors (Lipinski definition) is 13. The van der Waals surface area contributed by atoms with E-state index >= 15 is 0 Å². The number of nitrogens with one attached hydrogen (secondary N) is 1. The van der Waals surface area contributed by atoms with Gasteiger partial charge in [-0.05, 0) is 51.4 Å². The van der Waals surface area contributed by atoms with Gasteiger partial charge in [0.15, 0.2) is 12.6 Å². The molecule has 85 heavy (non-hydrogen) atoms. The van der Waals surface area contributed by atoms with Crippen molar-refractivity contribution in [1.82, 2.24) is 5.32 Å². The van der Waals surface area contributed by atoms with Gasteiger partial charge in [-0.2, -0.15) is 0 Å². The normalized spacial score (nSPS) is 23.7. The second-order valence-corrected chi connectivity index (χ2v) is 25.4. The van der Waals surface area contributed by atoms with Crippen LogP contribution in [-0.4, -0.2) is 140 Å². The summed E-state index contributed by atoms with van der Waals surface area (Å²) in [7, 11) is 0. The lowest BCUT2D eigenvalue weighted by molar-refractivity contribution is -0.359. The third-order valence-electron chi connectivity index (χ3n) is 17.6. The molecule has 12 atom stereocenters. The van der Waals surface area contributed by atoms with Crippen molar-refractivity contribution < 1.29 is 64.6 Å². The second kappa shape index (κ2) is 56.2. The van der Waals surface area contributed by atoms with Gasteiger partial charge in [-0.25, -0.2) is 0 Å². The van der Waals surface area contributed by atoms with Gasteiger partial charge in [-0.15, -0.1) is 0 Å². The minimum atomic E-state index is -1.79.